The molecule has 1 aromatic rings. The van der Waals surface area contributed by atoms with Crippen LogP contribution in [0, 0.1) is 5.92 Å². The van der Waals surface area contributed by atoms with Crippen molar-refractivity contribution in [3.05, 3.63) is 35.9 Å². The number of rotatable bonds is 3. The summed E-state index contributed by atoms with van der Waals surface area (Å²) in [5, 5.41) is 3.51. The van der Waals surface area contributed by atoms with Gasteiger partial charge < -0.3 is 24.8 Å². The number of nitrogens with one attached hydrogen (secondary N) is 1. The van der Waals surface area contributed by atoms with Crippen LogP contribution < -0.4 is 5.32 Å². The van der Waals surface area contributed by atoms with E-state index in [0.29, 0.717) is 32.6 Å². The SMILES string of the molecule is CN1C(=O)CC(CNC2=NCC3CN(C(=O)OC(C)(C)C)CCN23)C1c1ccccc1.I. The van der Waals surface area contributed by atoms with Gasteiger partial charge in [-0.1, -0.05) is 30.3 Å². The highest BCUT2D eigenvalue weighted by Crippen LogP contribution is 2.36. The van der Waals surface area contributed by atoms with E-state index in [1.807, 2.05) is 50.9 Å². The van der Waals surface area contributed by atoms with Gasteiger partial charge in [-0.15, -0.1) is 24.0 Å². The maximum Gasteiger partial charge on any atom is 0.410 e. The minimum atomic E-state index is -0.492. The zero-order chi connectivity index (χ0) is 22.2. The van der Waals surface area contributed by atoms with Gasteiger partial charge in [0.25, 0.3) is 0 Å². The second kappa shape index (κ2) is 9.84. The topological polar surface area (TPSA) is 77.5 Å². The minimum absolute atomic E-state index is 0. The largest absolute Gasteiger partial charge is 0.444 e. The summed E-state index contributed by atoms with van der Waals surface area (Å²) in [4.78, 5) is 35.4. The van der Waals surface area contributed by atoms with Crippen molar-refractivity contribution < 1.29 is 14.3 Å². The van der Waals surface area contributed by atoms with E-state index in [1.165, 1.54) is 5.56 Å². The first-order valence-corrected chi connectivity index (χ1v) is 11.1. The van der Waals surface area contributed by atoms with Crippen molar-refractivity contribution in [1.29, 1.82) is 0 Å². The van der Waals surface area contributed by atoms with E-state index >= 15 is 0 Å². The molecule has 4 rings (SSSR count). The molecular formula is C23H34IN5O3. The Hall–Kier alpha value is -2.04. The van der Waals surface area contributed by atoms with Crippen LogP contribution in [0.15, 0.2) is 35.3 Å². The molecule has 9 heteroatoms. The van der Waals surface area contributed by atoms with Gasteiger partial charge in [-0.3, -0.25) is 9.79 Å². The maximum atomic E-state index is 12.4. The molecule has 176 valence electrons. The standard InChI is InChI=1S/C23H33N5O3.HI/c1-23(2,3)31-22(30)27-10-11-28-18(15-27)14-25-21(28)24-13-17-12-19(29)26(4)20(17)16-8-6-5-7-9-16;/h5-9,17-18,20H,10-15H2,1-4H3,(H,24,25);1H. The number of hydrogen-bond donors (Lipinski definition) is 1. The van der Waals surface area contributed by atoms with Gasteiger partial charge in [-0.05, 0) is 26.3 Å². The van der Waals surface area contributed by atoms with Crippen LogP contribution in [0.4, 0.5) is 4.79 Å². The number of halogens is 1. The van der Waals surface area contributed by atoms with E-state index in [4.69, 9.17) is 9.73 Å². The van der Waals surface area contributed by atoms with Crippen LogP contribution in [0.2, 0.25) is 0 Å². The number of guanidine groups is 1. The molecule has 3 aliphatic heterocycles. The number of amides is 2. The van der Waals surface area contributed by atoms with Gasteiger partial charge in [0.2, 0.25) is 5.91 Å². The van der Waals surface area contributed by atoms with Crippen LogP contribution in [-0.4, -0.2) is 84.1 Å². The Labute approximate surface area is 207 Å². The first kappa shape index (κ1) is 24.6. The van der Waals surface area contributed by atoms with Crippen molar-refractivity contribution in [3.8, 4) is 0 Å². The Morgan fingerprint density at radius 2 is 1.94 bits per heavy atom. The van der Waals surface area contributed by atoms with Gasteiger partial charge in [0.15, 0.2) is 5.96 Å². The van der Waals surface area contributed by atoms with Crippen LogP contribution in [0.25, 0.3) is 0 Å². The monoisotopic (exact) mass is 555 g/mol. The molecule has 3 unspecified atom stereocenters. The number of carbonyl (C=O) groups excluding carboxylic acids is 2. The number of nitrogens with zero attached hydrogens (tertiary/aromatic N) is 4. The quantitative estimate of drug-likeness (QED) is 0.581. The zero-order valence-electron chi connectivity index (χ0n) is 19.3. The number of aliphatic imine (C=N–C) groups is 1. The Kier molecular flexibility index (Phi) is 7.57. The highest BCUT2D eigenvalue weighted by Gasteiger charge is 2.40. The third-order valence-electron chi connectivity index (χ3n) is 6.22. The number of hydrogen-bond acceptors (Lipinski definition) is 6. The average molecular weight is 555 g/mol. The van der Waals surface area contributed by atoms with Gasteiger partial charge in [0, 0.05) is 45.6 Å². The number of fused-ring (bicyclic) bond motifs is 1. The molecule has 3 atom stereocenters. The normalized spacial score (nSPS) is 25.2. The lowest BCUT2D eigenvalue weighted by atomic mass is 9.93. The molecule has 3 heterocycles. The number of benzene rings is 1. The zero-order valence-corrected chi connectivity index (χ0v) is 21.6. The second-order valence-electron chi connectivity index (χ2n) is 9.64. The van der Waals surface area contributed by atoms with Gasteiger partial charge in [0.05, 0.1) is 18.6 Å². The molecule has 8 nitrogen and oxygen atoms in total. The number of piperazine rings is 1. The molecule has 0 aromatic heterocycles. The molecule has 2 saturated heterocycles. The van der Waals surface area contributed by atoms with Crippen LogP contribution in [-0.2, 0) is 9.53 Å². The van der Waals surface area contributed by atoms with Gasteiger partial charge in [-0.2, -0.15) is 0 Å². The summed E-state index contributed by atoms with van der Waals surface area (Å²) < 4.78 is 5.52. The third-order valence-corrected chi connectivity index (χ3v) is 6.22. The van der Waals surface area contributed by atoms with E-state index in [9.17, 15) is 9.59 Å². The van der Waals surface area contributed by atoms with Crippen molar-refractivity contribution >= 4 is 41.9 Å². The maximum absolute atomic E-state index is 12.4. The van der Waals surface area contributed by atoms with E-state index in [0.717, 1.165) is 12.5 Å². The van der Waals surface area contributed by atoms with Crippen LogP contribution in [0.5, 0.6) is 0 Å². The van der Waals surface area contributed by atoms with Crippen LogP contribution >= 0.6 is 24.0 Å². The van der Waals surface area contributed by atoms with E-state index in [2.05, 4.69) is 22.3 Å². The summed E-state index contributed by atoms with van der Waals surface area (Å²) in [6.45, 7) is 8.95. The molecule has 1 aromatic carbocycles. The first-order chi connectivity index (χ1) is 14.7. The van der Waals surface area contributed by atoms with E-state index in [-0.39, 0.29) is 54.0 Å². The number of likely N-dealkylation sites (tertiary alicyclic amines) is 1. The predicted molar refractivity (Wildman–Crippen MR) is 134 cm³/mol. The summed E-state index contributed by atoms with van der Waals surface area (Å²) >= 11 is 0. The molecule has 1 N–H and O–H groups in total. The van der Waals surface area contributed by atoms with E-state index < -0.39 is 5.60 Å². The van der Waals surface area contributed by atoms with Crippen molar-refractivity contribution in [1.82, 2.24) is 20.0 Å². The summed E-state index contributed by atoms with van der Waals surface area (Å²) in [6.07, 6.45) is 0.276. The summed E-state index contributed by atoms with van der Waals surface area (Å²) in [6, 6.07) is 10.5. The number of carbonyl (C=O) groups is 2. The fraction of sp³-hybridized carbons (Fsp3) is 0.609. The average Bonchev–Trinajstić information content (AvgIpc) is 3.25. The minimum Gasteiger partial charge on any atom is -0.444 e. The Morgan fingerprint density at radius 3 is 2.62 bits per heavy atom. The number of ether oxygens (including phenoxy) is 1. The predicted octanol–water partition coefficient (Wildman–Crippen LogP) is 2.70. The third kappa shape index (κ3) is 5.29. The first-order valence-electron chi connectivity index (χ1n) is 11.1. The molecule has 2 amide bonds. The van der Waals surface area contributed by atoms with Crippen LogP contribution in [0.3, 0.4) is 0 Å². The Balaban J connectivity index is 0.00000289. The molecule has 2 fully saturated rings. The molecule has 32 heavy (non-hydrogen) atoms. The van der Waals surface area contributed by atoms with Gasteiger partial charge >= 0.3 is 6.09 Å². The lowest BCUT2D eigenvalue weighted by molar-refractivity contribution is -0.127. The molecule has 0 aliphatic carbocycles. The van der Waals surface area contributed by atoms with Crippen molar-refractivity contribution in [3.63, 3.8) is 0 Å². The van der Waals surface area contributed by atoms with Crippen LogP contribution in [0.1, 0.15) is 38.8 Å². The van der Waals surface area contributed by atoms with Crippen molar-refractivity contribution in [2.75, 3.05) is 39.8 Å². The molecule has 0 spiro atoms. The summed E-state index contributed by atoms with van der Waals surface area (Å²) in [5.74, 6) is 1.24. The van der Waals surface area contributed by atoms with Crippen molar-refractivity contribution in [2.24, 2.45) is 10.9 Å². The lowest BCUT2D eigenvalue weighted by Gasteiger charge is -2.39. The molecule has 3 aliphatic rings. The fourth-order valence-electron chi connectivity index (χ4n) is 4.73. The Morgan fingerprint density at radius 1 is 1.22 bits per heavy atom. The molecule has 0 radical (unpaired) electrons. The molecular weight excluding hydrogens is 521 g/mol. The fourth-order valence-corrected chi connectivity index (χ4v) is 4.73. The lowest BCUT2D eigenvalue weighted by Crippen LogP contribution is -2.57. The van der Waals surface area contributed by atoms with Gasteiger partial charge in [-0.25, -0.2) is 4.79 Å². The molecule has 0 saturated carbocycles. The summed E-state index contributed by atoms with van der Waals surface area (Å²) in [7, 11) is 1.89. The molecule has 0 bridgehead atoms. The smallest absolute Gasteiger partial charge is 0.410 e. The second-order valence-corrected chi connectivity index (χ2v) is 9.64. The summed E-state index contributed by atoms with van der Waals surface area (Å²) in [5.41, 5.74) is 0.675. The Bertz CT molecular complexity index is 857. The van der Waals surface area contributed by atoms with Crippen molar-refractivity contribution in [2.45, 2.75) is 44.9 Å². The van der Waals surface area contributed by atoms with Gasteiger partial charge in [0.1, 0.15) is 5.60 Å². The highest BCUT2D eigenvalue weighted by atomic mass is 127. The van der Waals surface area contributed by atoms with E-state index in [1.54, 1.807) is 4.90 Å². The highest BCUT2D eigenvalue weighted by molar-refractivity contribution is 14.0.